The predicted octanol–water partition coefficient (Wildman–Crippen LogP) is 3.67. The summed E-state index contributed by atoms with van der Waals surface area (Å²) in [5, 5.41) is 0. The molecule has 0 aromatic heterocycles. The van der Waals surface area contributed by atoms with Crippen molar-refractivity contribution in [1.82, 2.24) is 4.31 Å². The summed E-state index contributed by atoms with van der Waals surface area (Å²) in [5.41, 5.74) is 0. The zero-order valence-corrected chi connectivity index (χ0v) is 10.3. The number of hydrogen-bond donors (Lipinski definition) is 0. The molecule has 1 nitrogen and oxygen atoms in total. The lowest BCUT2D eigenvalue weighted by Gasteiger charge is -2.33. The second kappa shape index (κ2) is 5.04. The second-order valence-electron chi connectivity index (χ2n) is 4.70. The average Bonchev–Trinajstić information content (AvgIpc) is 2.17. The topological polar surface area (TPSA) is 3.24 Å². The molecule has 0 radical (unpaired) electrons. The highest BCUT2D eigenvalue weighted by atomic mass is 32.2. The van der Waals surface area contributed by atoms with E-state index in [4.69, 9.17) is 0 Å². The fourth-order valence-corrected chi connectivity index (χ4v) is 3.55. The van der Waals surface area contributed by atoms with E-state index < -0.39 is 0 Å². The quantitative estimate of drug-likeness (QED) is 0.701. The first-order valence-electron chi connectivity index (χ1n) is 5.72. The van der Waals surface area contributed by atoms with E-state index in [1.54, 1.807) is 0 Å². The molecule has 0 amide bonds. The van der Waals surface area contributed by atoms with Gasteiger partial charge in [0.1, 0.15) is 0 Å². The van der Waals surface area contributed by atoms with Crippen molar-refractivity contribution in [1.29, 1.82) is 0 Å². The number of benzene rings is 1. The van der Waals surface area contributed by atoms with Gasteiger partial charge in [-0.25, -0.2) is 4.31 Å². The molecule has 0 N–H and O–H groups in total. The minimum atomic E-state index is 0.838. The zero-order chi connectivity index (χ0) is 10.7. The highest BCUT2D eigenvalue weighted by Gasteiger charge is 2.22. The van der Waals surface area contributed by atoms with Crippen molar-refractivity contribution < 1.29 is 0 Å². The van der Waals surface area contributed by atoms with E-state index in [-0.39, 0.29) is 0 Å². The largest absolute Gasteiger partial charge is 0.246 e. The van der Waals surface area contributed by atoms with Gasteiger partial charge in [-0.3, -0.25) is 0 Å². The maximum Gasteiger partial charge on any atom is 0.0230 e. The van der Waals surface area contributed by atoms with Crippen LogP contribution in [0.25, 0.3) is 0 Å². The van der Waals surface area contributed by atoms with Crippen molar-refractivity contribution in [2.24, 2.45) is 11.8 Å². The highest BCUT2D eigenvalue weighted by Crippen LogP contribution is 2.30. The van der Waals surface area contributed by atoms with E-state index in [1.165, 1.54) is 24.4 Å². The molecule has 15 heavy (non-hydrogen) atoms. The molecule has 0 aliphatic carbocycles. The second-order valence-corrected chi connectivity index (χ2v) is 5.87. The van der Waals surface area contributed by atoms with Gasteiger partial charge in [0.25, 0.3) is 0 Å². The Morgan fingerprint density at radius 3 is 2.27 bits per heavy atom. The summed E-state index contributed by atoms with van der Waals surface area (Å²) in [6.45, 7) is 7.16. The third kappa shape index (κ3) is 3.25. The van der Waals surface area contributed by atoms with Crippen molar-refractivity contribution in [2.45, 2.75) is 25.2 Å². The Labute approximate surface area is 97.0 Å². The molecular formula is C13H19NS. The van der Waals surface area contributed by atoms with Gasteiger partial charge in [0.2, 0.25) is 0 Å². The van der Waals surface area contributed by atoms with Crippen molar-refractivity contribution in [3.63, 3.8) is 0 Å². The van der Waals surface area contributed by atoms with Crippen molar-refractivity contribution in [3.8, 4) is 0 Å². The van der Waals surface area contributed by atoms with E-state index in [1.807, 2.05) is 11.9 Å². The van der Waals surface area contributed by atoms with Crippen LogP contribution in [0.3, 0.4) is 0 Å². The van der Waals surface area contributed by atoms with E-state index in [0.717, 1.165) is 11.8 Å². The van der Waals surface area contributed by atoms with E-state index in [0.29, 0.717) is 0 Å². The third-order valence-electron chi connectivity index (χ3n) is 2.81. The summed E-state index contributed by atoms with van der Waals surface area (Å²) < 4.78 is 2.51. The maximum absolute atomic E-state index is 2.51. The molecule has 1 fully saturated rings. The molecule has 2 heteroatoms. The smallest absolute Gasteiger partial charge is 0.0230 e. The van der Waals surface area contributed by atoms with Crippen molar-refractivity contribution >= 4 is 11.9 Å². The fraction of sp³-hybridized carbons (Fsp3) is 0.538. The van der Waals surface area contributed by atoms with Gasteiger partial charge in [0, 0.05) is 18.0 Å². The lowest BCUT2D eigenvalue weighted by atomic mass is 9.94. The molecule has 1 saturated heterocycles. The monoisotopic (exact) mass is 221 g/mol. The molecule has 1 aromatic rings. The number of rotatable bonds is 2. The van der Waals surface area contributed by atoms with E-state index in [9.17, 15) is 0 Å². The van der Waals surface area contributed by atoms with Gasteiger partial charge < -0.3 is 0 Å². The minimum absolute atomic E-state index is 0.838. The van der Waals surface area contributed by atoms with Gasteiger partial charge >= 0.3 is 0 Å². The van der Waals surface area contributed by atoms with Crippen LogP contribution in [0.2, 0.25) is 0 Å². The summed E-state index contributed by atoms with van der Waals surface area (Å²) in [4.78, 5) is 1.36. The van der Waals surface area contributed by atoms with Gasteiger partial charge in [-0.05, 0) is 42.3 Å². The third-order valence-corrected chi connectivity index (χ3v) is 3.85. The average molecular weight is 221 g/mol. The Hall–Kier alpha value is -0.470. The molecular weight excluding hydrogens is 202 g/mol. The Morgan fingerprint density at radius 1 is 1.07 bits per heavy atom. The molecule has 1 heterocycles. The Kier molecular flexibility index (Phi) is 3.71. The van der Waals surface area contributed by atoms with Crippen LogP contribution in [0.4, 0.5) is 0 Å². The Balaban J connectivity index is 1.94. The highest BCUT2D eigenvalue weighted by molar-refractivity contribution is 7.97. The molecule has 2 unspecified atom stereocenters. The van der Waals surface area contributed by atoms with Crippen LogP contribution in [-0.4, -0.2) is 17.4 Å². The lowest BCUT2D eigenvalue weighted by Crippen LogP contribution is -2.33. The molecule has 82 valence electrons. The SMILES string of the molecule is CC1CC(C)CN(Sc2ccccc2)C1. The summed E-state index contributed by atoms with van der Waals surface area (Å²) in [6, 6.07) is 10.7. The number of nitrogens with zero attached hydrogens (tertiary/aromatic N) is 1. The van der Waals surface area contributed by atoms with Gasteiger partial charge in [-0.1, -0.05) is 32.0 Å². The maximum atomic E-state index is 2.51. The summed E-state index contributed by atoms with van der Waals surface area (Å²) >= 11 is 1.91. The van der Waals surface area contributed by atoms with Gasteiger partial charge in [0.05, 0.1) is 0 Å². The van der Waals surface area contributed by atoms with Crippen molar-refractivity contribution in [2.75, 3.05) is 13.1 Å². The minimum Gasteiger partial charge on any atom is -0.246 e. The van der Waals surface area contributed by atoms with Crippen LogP contribution in [0.5, 0.6) is 0 Å². The van der Waals surface area contributed by atoms with Crippen LogP contribution >= 0.6 is 11.9 Å². The first-order valence-corrected chi connectivity index (χ1v) is 6.49. The first kappa shape index (κ1) is 11.0. The van der Waals surface area contributed by atoms with Crippen LogP contribution in [0, 0.1) is 11.8 Å². The van der Waals surface area contributed by atoms with Crippen LogP contribution in [-0.2, 0) is 0 Å². The standard InChI is InChI=1S/C13H19NS/c1-11-8-12(2)10-14(9-11)15-13-6-4-3-5-7-13/h3-7,11-12H,8-10H2,1-2H3. The fourth-order valence-electron chi connectivity index (χ4n) is 2.31. The zero-order valence-electron chi connectivity index (χ0n) is 9.52. The van der Waals surface area contributed by atoms with E-state index >= 15 is 0 Å². The van der Waals surface area contributed by atoms with E-state index in [2.05, 4.69) is 48.5 Å². The van der Waals surface area contributed by atoms with Crippen LogP contribution < -0.4 is 0 Å². The van der Waals surface area contributed by atoms with Crippen LogP contribution in [0.15, 0.2) is 35.2 Å². The Morgan fingerprint density at radius 2 is 1.67 bits per heavy atom. The summed E-state index contributed by atoms with van der Waals surface area (Å²) in [6.07, 6.45) is 1.38. The normalized spacial score (nSPS) is 27.9. The Bertz CT molecular complexity index is 289. The van der Waals surface area contributed by atoms with Gasteiger partial charge in [0.15, 0.2) is 0 Å². The van der Waals surface area contributed by atoms with Crippen LogP contribution in [0.1, 0.15) is 20.3 Å². The summed E-state index contributed by atoms with van der Waals surface area (Å²) in [5.74, 6) is 1.68. The molecule has 0 bridgehead atoms. The molecule has 0 saturated carbocycles. The molecule has 2 atom stereocenters. The predicted molar refractivity (Wildman–Crippen MR) is 66.8 cm³/mol. The van der Waals surface area contributed by atoms with Gasteiger partial charge in [-0.2, -0.15) is 0 Å². The number of piperidine rings is 1. The first-order chi connectivity index (χ1) is 7.24. The number of hydrogen-bond acceptors (Lipinski definition) is 2. The molecule has 1 aliphatic rings. The molecule has 0 spiro atoms. The molecule has 1 aliphatic heterocycles. The summed E-state index contributed by atoms with van der Waals surface area (Å²) in [7, 11) is 0. The van der Waals surface area contributed by atoms with Crippen molar-refractivity contribution in [3.05, 3.63) is 30.3 Å². The molecule has 2 rings (SSSR count). The van der Waals surface area contributed by atoms with Gasteiger partial charge in [-0.15, -0.1) is 0 Å². The lowest BCUT2D eigenvalue weighted by molar-refractivity contribution is 0.237. The molecule has 1 aromatic carbocycles.